The van der Waals surface area contributed by atoms with Gasteiger partial charge in [0.1, 0.15) is 29.7 Å². The Morgan fingerprint density at radius 1 is 1.28 bits per heavy atom. The van der Waals surface area contributed by atoms with Crippen molar-refractivity contribution in [3.8, 4) is 0 Å². The lowest BCUT2D eigenvalue weighted by molar-refractivity contribution is -0.122. The standard InChI is InChI=1S/C16H22N8O/c1-11-20-21-14-9-22(2)13(8-24(11)14)16(25)19-12-7-17-10-18-15(12)23-5-3-4-6-23/h7,10,13H,3-6,8-9H2,1-2H3,(H,19,25). The largest absolute Gasteiger partial charge is 0.355 e. The van der Waals surface area contributed by atoms with Crippen molar-refractivity contribution in [2.75, 3.05) is 30.4 Å². The molecule has 4 rings (SSSR count). The molecule has 25 heavy (non-hydrogen) atoms. The van der Waals surface area contributed by atoms with Crippen LogP contribution in [0.5, 0.6) is 0 Å². The summed E-state index contributed by atoms with van der Waals surface area (Å²) >= 11 is 0. The maximum Gasteiger partial charge on any atom is 0.243 e. The average molecular weight is 342 g/mol. The van der Waals surface area contributed by atoms with Gasteiger partial charge in [-0.05, 0) is 26.8 Å². The van der Waals surface area contributed by atoms with E-state index < -0.39 is 0 Å². The van der Waals surface area contributed by atoms with Crippen LogP contribution in [0.1, 0.15) is 24.5 Å². The van der Waals surface area contributed by atoms with E-state index in [1.165, 1.54) is 6.33 Å². The minimum Gasteiger partial charge on any atom is -0.355 e. The van der Waals surface area contributed by atoms with Gasteiger partial charge >= 0.3 is 0 Å². The molecular formula is C16H22N8O. The summed E-state index contributed by atoms with van der Waals surface area (Å²) in [5.41, 5.74) is 0.675. The molecule has 1 atom stereocenters. The van der Waals surface area contributed by atoms with Gasteiger partial charge in [0.15, 0.2) is 5.82 Å². The van der Waals surface area contributed by atoms with Gasteiger partial charge in [0, 0.05) is 13.1 Å². The summed E-state index contributed by atoms with van der Waals surface area (Å²) in [4.78, 5) is 25.6. The fourth-order valence-electron chi connectivity index (χ4n) is 3.52. The van der Waals surface area contributed by atoms with Crippen LogP contribution >= 0.6 is 0 Å². The molecule has 0 spiro atoms. The molecule has 4 heterocycles. The molecule has 2 aromatic heterocycles. The topological polar surface area (TPSA) is 92.1 Å². The number of aromatic nitrogens is 5. The number of hydrogen-bond donors (Lipinski definition) is 1. The molecule has 1 unspecified atom stereocenters. The molecule has 0 aromatic carbocycles. The summed E-state index contributed by atoms with van der Waals surface area (Å²) in [6, 6.07) is -0.283. The van der Waals surface area contributed by atoms with Gasteiger partial charge in [0.2, 0.25) is 5.91 Å². The minimum atomic E-state index is -0.283. The zero-order chi connectivity index (χ0) is 17.4. The first-order chi connectivity index (χ1) is 12.1. The van der Waals surface area contributed by atoms with Crippen LogP contribution in [0.3, 0.4) is 0 Å². The number of nitrogens with zero attached hydrogens (tertiary/aromatic N) is 7. The molecule has 1 N–H and O–H groups in total. The second kappa shape index (κ2) is 6.40. The fourth-order valence-corrected chi connectivity index (χ4v) is 3.52. The Morgan fingerprint density at radius 3 is 2.88 bits per heavy atom. The first-order valence-corrected chi connectivity index (χ1v) is 8.58. The number of likely N-dealkylation sites (N-methyl/N-ethyl adjacent to an activating group) is 1. The predicted octanol–water partition coefficient (Wildman–Crippen LogP) is 0.429. The second-order valence-electron chi connectivity index (χ2n) is 6.65. The van der Waals surface area contributed by atoms with E-state index in [1.807, 2.05) is 23.4 Å². The van der Waals surface area contributed by atoms with Crippen LogP contribution in [-0.2, 0) is 17.9 Å². The molecule has 9 heteroatoms. The second-order valence-corrected chi connectivity index (χ2v) is 6.65. The molecule has 2 aliphatic heterocycles. The first-order valence-electron chi connectivity index (χ1n) is 8.58. The maximum atomic E-state index is 12.9. The predicted molar refractivity (Wildman–Crippen MR) is 92.1 cm³/mol. The smallest absolute Gasteiger partial charge is 0.243 e. The molecule has 1 amide bonds. The van der Waals surface area contributed by atoms with E-state index in [4.69, 9.17) is 0 Å². The quantitative estimate of drug-likeness (QED) is 0.865. The van der Waals surface area contributed by atoms with E-state index in [0.717, 1.165) is 43.4 Å². The van der Waals surface area contributed by atoms with E-state index in [2.05, 4.69) is 30.4 Å². The van der Waals surface area contributed by atoms with Crippen LogP contribution in [0.4, 0.5) is 11.5 Å². The van der Waals surface area contributed by atoms with Crippen molar-refractivity contribution in [1.82, 2.24) is 29.6 Å². The van der Waals surface area contributed by atoms with Gasteiger partial charge in [-0.3, -0.25) is 9.69 Å². The maximum absolute atomic E-state index is 12.9. The van der Waals surface area contributed by atoms with Crippen LogP contribution in [0, 0.1) is 6.92 Å². The Morgan fingerprint density at radius 2 is 2.08 bits per heavy atom. The molecule has 2 aliphatic rings. The Balaban J connectivity index is 1.54. The highest BCUT2D eigenvalue weighted by Crippen LogP contribution is 2.26. The van der Waals surface area contributed by atoms with Crippen molar-refractivity contribution >= 4 is 17.4 Å². The zero-order valence-electron chi connectivity index (χ0n) is 14.5. The summed E-state index contributed by atoms with van der Waals surface area (Å²) in [6.45, 7) is 4.98. The van der Waals surface area contributed by atoms with Gasteiger partial charge in [0.25, 0.3) is 0 Å². The van der Waals surface area contributed by atoms with Gasteiger partial charge in [-0.2, -0.15) is 0 Å². The number of anilines is 2. The number of amides is 1. The number of carbonyl (C=O) groups excluding carboxylic acids is 1. The summed E-state index contributed by atoms with van der Waals surface area (Å²) < 4.78 is 2.01. The Bertz CT molecular complexity index is 782. The molecular weight excluding hydrogens is 320 g/mol. The van der Waals surface area contributed by atoms with E-state index in [1.54, 1.807) is 6.20 Å². The van der Waals surface area contributed by atoms with Crippen molar-refractivity contribution in [3.63, 3.8) is 0 Å². The van der Waals surface area contributed by atoms with E-state index in [9.17, 15) is 4.79 Å². The Labute approximate surface area is 146 Å². The monoisotopic (exact) mass is 342 g/mol. The zero-order valence-corrected chi connectivity index (χ0v) is 14.5. The van der Waals surface area contributed by atoms with Crippen molar-refractivity contribution in [2.45, 2.75) is 38.9 Å². The third kappa shape index (κ3) is 2.95. The number of rotatable bonds is 3. The summed E-state index contributed by atoms with van der Waals surface area (Å²) in [5.74, 6) is 2.48. The number of carbonyl (C=O) groups is 1. The first kappa shape index (κ1) is 15.9. The van der Waals surface area contributed by atoms with E-state index in [0.29, 0.717) is 18.8 Å². The van der Waals surface area contributed by atoms with E-state index in [-0.39, 0.29) is 11.9 Å². The number of hydrogen-bond acceptors (Lipinski definition) is 7. The lowest BCUT2D eigenvalue weighted by Crippen LogP contribution is -2.48. The van der Waals surface area contributed by atoms with Crippen LogP contribution < -0.4 is 10.2 Å². The van der Waals surface area contributed by atoms with Gasteiger partial charge in [-0.25, -0.2) is 9.97 Å². The summed E-state index contributed by atoms with van der Waals surface area (Å²) in [5, 5.41) is 11.3. The van der Waals surface area contributed by atoms with Crippen molar-refractivity contribution in [3.05, 3.63) is 24.2 Å². The lowest BCUT2D eigenvalue weighted by Gasteiger charge is -2.32. The highest BCUT2D eigenvalue weighted by atomic mass is 16.2. The average Bonchev–Trinajstić information content (AvgIpc) is 3.25. The molecule has 0 saturated carbocycles. The van der Waals surface area contributed by atoms with Crippen LogP contribution in [0.15, 0.2) is 12.5 Å². The van der Waals surface area contributed by atoms with Crippen LogP contribution in [0.25, 0.3) is 0 Å². The fraction of sp³-hybridized carbons (Fsp3) is 0.562. The highest BCUT2D eigenvalue weighted by Gasteiger charge is 2.32. The molecule has 1 fully saturated rings. The molecule has 0 bridgehead atoms. The third-order valence-electron chi connectivity index (χ3n) is 4.95. The summed E-state index contributed by atoms with van der Waals surface area (Å²) in [6.07, 6.45) is 5.51. The van der Waals surface area contributed by atoms with Crippen LogP contribution in [-0.4, -0.2) is 61.7 Å². The van der Waals surface area contributed by atoms with Gasteiger partial charge in [-0.15, -0.1) is 10.2 Å². The molecule has 132 valence electrons. The Kier molecular flexibility index (Phi) is 4.08. The van der Waals surface area contributed by atoms with Crippen LogP contribution in [0.2, 0.25) is 0 Å². The summed E-state index contributed by atoms with van der Waals surface area (Å²) in [7, 11) is 1.93. The van der Waals surface area contributed by atoms with Crippen molar-refractivity contribution in [2.24, 2.45) is 0 Å². The number of aryl methyl sites for hydroxylation is 1. The molecule has 2 aromatic rings. The lowest BCUT2D eigenvalue weighted by atomic mass is 10.2. The number of nitrogens with one attached hydrogen (secondary N) is 1. The number of fused-ring (bicyclic) bond motifs is 1. The molecule has 0 radical (unpaired) electrons. The molecule has 9 nitrogen and oxygen atoms in total. The molecule has 0 aliphatic carbocycles. The molecule has 1 saturated heterocycles. The van der Waals surface area contributed by atoms with Crippen molar-refractivity contribution in [1.29, 1.82) is 0 Å². The van der Waals surface area contributed by atoms with E-state index >= 15 is 0 Å². The SMILES string of the molecule is Cc1nnc2n1CC(C(=O)Nc1cncnc1N1CCCC1)N(C)C2. The van der Waals surface area contributed by atoms with Crippen molar-refractivity contribution < 1.29 is 4.79 Å². The normalized spacial score (nSPS) is 20.6. The Hall–Kier alpha value is -2.55. The van der Waals surface area contributed by atoms with Gasteiger partial charge in [0.05, 0.1) is 19.3 Å². The highest BCUT2D eigenvalue weighted by molar-refractivity contribution is 5.97. The van der Waals surface area contributed by atoms with Gasteiger partial charge < -0.3 is 14.8 Å². The minimum absolute atomic E-state index is 0.0588. The third-order valence-corrected chi connectivity index (χ3v) is 4.95. The van der Waals surface area contributed by atoms with Gasteiger partial charge in [-0.1, -0.05) is 0 Å².